The van der Waals surface area contributed by atoms with E-state index in [2.05, 4.69) is 39.9 Å². The van der Waals surface area contributed by atoms with Crippen LogP contribution in [-0.4, -0.2) is 63.2 Å². The number of hydrogen-bond acceptors (Lipinski definition) is 7. The molecule has 0 spiro atoms. The van der Waals surface area contributed by atoms with Gasteiger partial charge in [0.1, 0.15) is 6.79 Å². The van der Waals surface area contributed by atoms with Crippen LogP contribution in [0.25, 0.3) is 0 Å². The van der Waals surface area contributed by atoms with Crippen LogP contribution in [0.15, 0.2) is 0 Å². The molecule has 0 aromatic rings. The van der Waals surface area contributed by atoms with Crippen molar-refractivity contribution in [1.29, 1.82) is 0 Å². The molecule has 0 radical (unpaired) electrons. The smallest absolute Gasteiger partial charge is 0.306 e. The van der Waals surface area contributed by atoms with Gasteiger partial charge in [0.25, 0.3) is 0 Å². The van der Waals surface area contributed by atoms with Crippen molar-refractivity contribution >= 4 is 12.8 Å². The molecule has 0 amide bonds. The van der Waals surface area contributed by atoms with E-state index in [-0.39, 0.29) is 17.9 Å². The zero-order chi connectivity index (χ0) is 43.9. The Morgan fingerprint density at radius 1 is 0.593 bits per heavy atom. The van der Waals surface area contributed by atoms with Crippen LogP contribution in [0.4, 0.5) is 0 Å². The van der Waals surface area contributed by atoms with Crippen LogP contribution in [0, 0.1) is 11.8 Å². The zero-order valence-corrected chi connectivity index (χ0v) is 40.7. The Balaban J connectivity index is 0. The van der Waals surface area contributed by atoms with Gasteiger partial charge in [-0.2, -0.15) is 0 Å². The molecule has 0 aromatic carbocycles. The van der Waals surface area contributed by atoms with Gasteiger partial charge in [0.2, 0.25) is 0 Å². The van der Waals surface area contributed by atoms with Gasteiger partial charge in [-0.25, -0.2) is 0 Å². The summed E-state index contributed by atoms with van der Waals surface area (Å²) in [4.78, 5) is 20.5. The lowest BCUT2D eigenvalue weighted by molar-refractivity contribution is -0.179. The Labute approximate surface area is 368 Å². The Kier molecular flexibility index (Phi) is 48.9. The summed E-state index contributed by atoms with van der Waals surface area (Å²) in [5.41, 5.74) is 0. The number of aliphatic hydroxyl groups excluding tert-OH is 1. The maximum atomic E-state index is 12.5. The van der Waals surface area contributed by atoms with Crippen LogP contribution in [-0.2, 0) is 23.8 Å². The van der Waals surface area contributed by atoms with Crippen LogP contribution < -0.4 is 5.32 Å². The van der Waals surface area contributed by atoms with E-state index in [4.69, 9.17) is 24.1 Å². The van der Waals surface area contributed by atoms with Gasteiger partial charge in [0.15, 0.2) is 5.79 Å². The number of nitrogens with one attached hydrogen (secondary N) is 1. The van der Waals surface area contributed by atoms with E-state index in [1.165, 1.54) is 206 Å². The maximum absolute atomic E-state index is 12.5. The highest BCUT2D eigenvalue weighted by molar-refractivity contribution is 5.69. The van der Waals surface area contributed by atoms with Crippen LogP contribution in [0.5, 0.6) is 0 Å². The minimum atomic E-state index is -0.329. The van der Waals surface area contributed by atoms with Crippen LogP contribution in [0.3, 0.4) is 0 Å². The number of rotatable bonds is 38. The van der Waals surface area contributed by atoms with Crippen molar-refractivity contribution in [2.24, 2.45) is 11.8 Å². The molecule has 2 fully saturated rings. The van der Waals surface area contributed by atoms with E-state index in [9.17, 15) is 4.79 Å². The van der Waals surface area contributed by atoms with Crippen molar-refractivity contribution in [3.05, 3.63) is 0 Å². The normalized spacial score (nSPS) is 17.3. The van der Waals surface area contributed by atoms with Crippen molar-refractivity contribution in [2.75, 3.05) is 33.4 Å². The zero-order valence-electron chi connectivity index (χ0n) is 40.7. The third-order valence-corrected chi connectivity index (χ3v) is 12.5. The topological polar surface area (TPSA) is 94.1 Å². The Morgan fingerprint density at radius 3 is 1.37 bits per heavy atom. The second kappa shape index (κ2) is 48.0. The molecular weight excluding hydrogens is 735 g/mol. The highest BCUT2D eigenvalue weighted by Crippen LogP contribution is 2.35. The molecule has 2 atom stereocenters. The summed E-state index contributed by atoms with van der Waals surface area (Å²) in [6, 6.07) is 0. The lowest BCUT2D eigenvalue weighted by atomic mass is 9.90. The predicted molar refractivity (Wildman–Crippen MR) is 254 cm³/mol. The number of aliphatic hydroxyl groups is 1. The fourth-order valence-corrected chi connectivity index (χ4v) is 8.74. The minimum Gasteiger partial charge on any atom is -0.466 e. The van der Waals surface area contributed by atoms with Gasteiger partial charge in [-0.1, -0.05) is 195 Å². The highest BCUT2D eigenvalue weighted by Gasteiger charge is 2.39. The fraction of sp³-hybridized carbons (Fsp3) is 0.962. The molecule has 354 valence electrons. The molecule has 0 aromatic heterocycles. The summed E-state index contributed by atoms with van der Waals surface area (Å²) >= 11 is 0. The average molecular weight is 840 g/mol. The van der Waals surface area contributed by atoms with E-state index in [0.717, 1.165) is 51.7 Å². The lowest BCUT2D eigenvalue weighted by Gasteiger charge is -2.28. The standard InChI is InChI=1S/C46H90O4.C4H9N.CH4O.CH2O/c1-6-11-24-32-42(33-25-12-7-2)34-28-20-16-15-17-21-29-37-46(49-41-44(10-5)50-46)38-30-22-18-19-23-31-39-48-45(47)40-43(35-26-13-8-3)36-27-14-9-4;1-2-4-5-3-1;2*1-2/h42-44H,6-41H2,1-5H3;5H,1-4H2;2H,1H3;1H2. The van der Waals surface area contributed by atoms with E-state index < -0.39 is 0 Å². The molecule has 2 saturated heterocycles. The molecular formula is C52H105NO6. The maximum Gasteiger partial charge on any atom is 0.306 e. The summed E-state index contributed by atoms with van der Waals surface area (Å²) in [7, 11) is 1.00. The molecule has 2 N–H and O–H groups in total. The monoisotopic (exact) mass is 840 g/mol. The summed E-state index contributed by atoms with van der Waals surface area (Å²) in [6.07, 6.45) is 46.1. The number of carbonyl (C=O) groups is 2. The molecule has 2 aliphatic rings. The van der Waals surface area contributed by atoms with Gasteiger partial charge in [-0.3, -0.25) is 4.79 Å². The summed E-state index contributed by atoms with van der Waals surface area (Å²) in [5, 5.41) is 10.2. The SMILES string of the molecule is C1CCNC1.C=O.CCCCCC(CCCCC)CCCCCCCCCC1(CCCCCCCCOC(=O)CC(CCCCC)CCCCC)OCC(CC)O1.CO. The molecule has 0 saturated carbocycles. The van der Waals surface area contributed by atoms with Crippen molar-refractivity contribution in [3.8, 4) is 0 Å². The highest BCUT2D eigenvalue weighted by atomic mass is 16.7. The minimum absolute atomic E-state index is 0.0323. The molecule has 2 rings (SSSR count). The first-order valence-corrected chi connectivity index (χ1v) is 25.9. The van der Waals surface area contributed by atoms with E-state index in [1.807, 2.05) is 6.79 Å². The largest absolute Gasteiger partial charge is 0.466 e. The first-order valence-electron chi connectivity index (χ1n) is 25.9. The Morgan fingerprint density at radius 2 is 0.983 bits per heavy atom. The van der Waals surface area contributed by atoms with Gasteiger partial charge >= 0.3 is 5.97 Å². The molecule has 2 heterocycles. The van der Waals surface area contributed by atoms with E-state index in [1.54, 1.807) is 0 Å². The van der Waals surface area contributed by atoms with Crippen molar-refractivity contribution in [3.63, 3.8) is 0 Å². The number of hydrogen-bond donors (Lipinski definition) is 2. The predicted octanol–water partition coefficient (Wildman–Crippen LogP) is 15.0. The van der Waals surface area contributed by atoms with E-state index in [0.29, 0.717) is 18.9 Å². The number of esters is 1. The van der Waals surface area contributed by atoms with Crippen LogP contribution >= 0.6 is 0 Å². The van der Waals surface area contributed by atoms with Crippen molar-refractivity contribution < 1.29 is 28.9 Å². The third-order valence-electron chi connectivity index (χ3n) is 12.5. The Hall–Kier alpha value is -1.02. The second-order valence-electron chi connectivity index (χ2n) is 17.9. The fourth-order valence-electron chi connectivity index (χ4n) is 8.74. The number of ether oxygens (including phenoxy) is 3. The molecule has 7 nitrogen and oxygen atoms in total. The summed E-state index contributed by atoms with van der Waals surface area (Å²) < 4.78 is 18.6. The van der Waals surface area contributed by atoms with Crippen LogP contribution in [0.1, 0.15) is 266 Å². The average Bonchev–Trinajstić information content (AvgIpc) is 3.99. The molecule has 0 aliphatic carbocycles. The first-order chi connectivity index (χ1) is 29.0. The molecule has 59 heavy (non-hydrogen) atoms. The van der Waals surface area contributed by atoms with Gasteiger partial charge in [0.05, 0.1) is 19.3 Å². The van der Waals surface area contributed by atoms with Crippen molar-refractivity contribution in [1.82, 2.24) is 5.32 Å². The quantitative estimate of drug-likeness (QED) is 0.0472. The summed E-state index contributed by atoms with van der Waals surface area (Å²) in [6.45, 7) is 17.2. The van der Waals surface area contributed by atoms with Gasteiger partial charge in [0, 0.05) is 26.4 Å². The second-order valence-corrected chi connectivity index (χ2v) is 17.9. The third kappa shape index (κ3) is 38.4. The molecule has 7 heteroatoms. The van der Waals surface area contributed by atoms with Gasteiger partial charge in [-0.05, 0) is 76.3 Å². The Bertz CT molecular complexity index is 797. The van der Waals surface area contributed by atoms with E-state index >= 15 is 0 Å². The van der Waals surface area contributed by atoms with Gasteiger partial charge in [-0.15, -0.1) is 0 Å². The van der Waals surface area contributed by atoms with Crippen LogP contribution in [0.2, 0.25) is 0 Å². The molecule has 0 bridgehead atoms. The number of carbonyl (C=O) groups excluding carboxylic acids is 2. The molecule has 2 aliphatic heterocycles. The number of unbranched alkanes of at least 4 members (excludes halogenated alkanes) is 19. The molecule has 2 unspecified atom stereocenters. The first kappa shape index (κ1) is 60.1. The summed E-state index contributed by atoms with van der Waals surface area (Å²) in [5.74, 6) is 1.21. The lowest BCUT2D eigenvalue weighted by Crippen LogP contribution is -2.31. The van der Waals surface area contributed by atoms with Crippen molar-refractivity contribution in [2.45, 2.75) is 278 Å². The van der Waals surface area contributed by atoms with Gasteiger partial charge < -0.3 is 29.4 Å².